The Morgan fingerprint density at radius 2 is 2.38 bits per heavy atom. The molecule has 1 aromatic rings. The summed E-state index contributed by atoms with van der Waals surface area (Å²) < 4.78 is 16.5. The lowest BCUT2D eigenvalue weighted by Crippen LogP contribution is -1.97. The van der Waals surface area contributed by atoms with E-state index in [2.05, 4.69) is 25.7 Å². The van der Waals surface area contributed by atoms with Gasteiger partial charge in [0, 0.05) is 15.5 Å². The average molecular weight is 251 g/mol. The fraction of sp³-hybridized carbons (Fsp3) is 0.167. The Balaban J connectivity index is 3.03. The summed E-state index contributed by atoms with van der Waals surface area (Å²) in [6.07, 6.45) is 0. The number of hydrogen-bond acceptors (Lipinski definition) is 4. The van der Waals surface area contributed by atoms with Crippen LogP contribution in [0.15, 0.2) is 16.6 Å². The molecule has 0 saturated carbocycles. The lowest BCUT2D eigenvalue weighted by atomic mass is 10.4. The molecule has 0 radical (unpaired) electrons. The summed E-state index contributed by atoms with van der Waals surface area (Å²) in [5.74, 6) is -0.513. The number of alkyl halides is 1. The molecule has 1 rings (SSSR count). The standard InChI is InChI=1S/C6H4BrFN2O3/c7-4-1-5(10(11)12)9-6(2-4)13-3-8/h1-2H,3H2. The SMILES string of the molecule is O=[N+]([O-])c1cc(Br)cc(OCF)n1. The van der Waals surface area contributed by atoms with Crippen LogP contribution >= 0.6 is 15.9 Å². The Morgan fingerprint density at radius 3 is 2.92 bits per heavy atom. The number of halogens is 2. The molecule has 1 heterocycles. The third kappa shape index (κ3) is 2.62. The summed E-state index contributed by atoms with van der Waals surface area (Å²) in [6, 6.07) is 2.54. The molecule has 0 aliphatic heterocycles. The highest BCUT2D eigenvalue weighted by Gasteiger charge is 2.12. The van der Waals surface area contributed by atoms with Crippen molar-refractivity contribution in [1.82, 2.24) is 4.98 Å². The van der Waals surface area contributed by atoms with Crippen LogP contribution in [-0.2, 0) is 0 Å². The summed E-state index contributed by atoms with van der Waals surface area (Å²) in [4.78, 5) is 13.0. The molecule has 70 valence electrons. The van der Waals surface area contributed by atoms with Crippen molar-refractivity contribution < 1.29 is 14.1 Å². The zero-order valence-corrected chi connectivity index (χ0v) is 7.82. The minimum atomic E-state index is -1.07. The molecule has 0 amide bonds. The van der Waals surface area contributed by atoms with E-state index in [0.29, 0.717) is 4.47 Å². The molecule has 0 aliphatic carbocycles. The van der Waals surface area contributed by atoms with E-state index in [1.54, 1.807) is 0 Å². The van der Waals surface area contributed by atoms with Gasteiger partial charge in [-0.15, -0.1) is 0 Å². The third-order valence-electron chi connectivity index (χ3n) is 1.14. The van der Waals surface area contributed by atoms with Gasteiger partial charge >= 0.3 is 11.7 Å². The van der Waals surface area contributed by atoms with E-state index in [1.165, 1.54) is 12.1 Å². The van der Waals surface area contributed by atoms with Crippen LogP contribution in [0.2, 0.25) is 0 Å². The van der Waals surface area contributed by atoms with Crippen LogP contribution in [0.1, 0.15) is 0 Å². The highest BCUT2D eigenvalue weighted by Crippen LogP contribution is 2.21. The van der Waals surface area contributed by atoms with Gasteiger partial charge < -0.3 is 14.9 Å². The van der Waals surface area contributed by atoms with Crippen molar-refractivity contribution in [2.75, 3.05) is 6.86 Å². The number of hydrogen-bond donors (Lipinski definition) is 0. The summed E-state index contributed by atoms with van der Waals surface area (Å²) in [5, 5.41) is 10.3. The summed E-state index contributed by atoms with van der Waals surface area (Å²) >= 11 is 3.00. The van der Waals surface area contributed by atoms with E-state index in [0.717, 1.165) is 0 Å². The van der Waals surface area contributed by atoms with Crippen molar-refractivity contribution in [3.05, 3.63) is 26.7 Å². The molecule has 0 aliphatic rings. The molecule has 0 atom stereocenters. The summed E-state index contributed by atoms with van der Waals surface area (Å²) in [7, 11) is 0. The molecular weight excluding hydrogens is 247 g/mol. The molecule has 13 heavy (non-hydrogen) atoms. The first-order valence-electron chi connectivity index (χ1n) is 3.14. The molecule has 0 saturated heterocycles. The predicted molar refractivity (Wildman–Crippen MR) is 45.2 cm³/mol. The number of pyridine rings is 1. The van der Waals surface area contributed by atoms with Gasteiger partial charge in [-0.2, -0.15) is 0 Å². The lowest BCUT2D eigenvalue weighted by Gasteiger charge is -1.97. The van der Waals surface area contributed by atoms with Gasteiger partial charge in [-0.05, 0) is 4.92 Å². The van der Waals surface area contributed by atoms with Crippen molar-refractivity contribution in [2.24, 2.45) is 0 Å². The molecule has 0 fully saturated rings. The second kappa shape index (κ2) is 4.13. The van der Waals surface area contributed by atoms with Gasteiger partial charge in [-0.3, -0.25) is 0 Å². The molecule has 1 aromatic heterocycles. The first-order chi connectivity index (χ1) is 6.13. The maximum absolute atomic E-state index is 11.7. The van der Waals surface area contributed by atoms with Crippen LogP contribution in [0.3, 0.4) is 0 Å². The predicted octanol–water partition coefficient (Wildman–Crippen LogP) is 2.06. The van der Waals surface area contributed by atoms with E-state index in [-0.39, 0.29) is 5.88 Å². The zero-order chi connectivity index (χ0) is 9.84. The van der Waals surface area contributed by atoms with Crippen LogP contribution in [0.4, 0.5) is 10.2 Å². The molecule has 0 unspecified atom stereocenters. The highest BCUT2D eigenvalue weighted by atomic mass is 79.9. The average Bonchev–Trinajstić information content (AvgIpc) is 2.03. The van der Waals surface area contributed by atoms with Crippen LogP contribution < -0.4 is 4.74 Å². The van der Waals surface area contributed by atoms with Gasteiger partial charge in [0.1, 0.15) is 0 Å². The zero-order valence-electron chi connectivity index (χ0n) is 6.24. The van der Waals surface area contributed by atoms with E-state index in [9.17, 15) is 14.5 Å². The Labute approximate surface area is 80.8 Å². The third-order valence-corrected chi connectivity index (χ3v) is 1.60. The van der Waals surface area contributed by atoms with Gasteiger partial charge in [0.15, 0.2) is 0 Å². The number of nitro groups is 1. The summed E-state index contributed by atoms with van der Waals surface area (Å²) in [5.41, 5.74) is 0. The fourth-order valence-electron chi connectivity index (χ4n) is 0.684. The van der Waals surface area contributed by atoms with E-state index in [1.807, 2.05) is 0 Å². The minimum Gasteiger partial charge on any atom is -0.428 e. The Kier molecular flexibility index (Phi) is 3.13. The molecule has 0 N–H and O–H groups in total. The van der Waals surface area contributed by atoms with Crippen molar-refractivity contribution >= 4 is 21.7 Å². The van der Waals surface area contributed by atoms with Crippen molar-refractivity contribution in [2.45, 2.75) is 0 Å². The second-order valence-electron chi connectivity index (χ2n) is 1.99. The van der Waals surface area contributed by atoms with Crippen molar-refractivity contribution in [1.29, 1.82) is 0 Å². The molecule has 0 aromatic carbocycles. The smallest absolute Gasteiger partial charge is 0.368 e. The second-order valence-corrected chi connectivity index (χ2v) is 2.91. The largest absolute Gasteiger partial charge is 0.428 e. The number of ether oxygens (including phenoxy) is 1. The van der Waals surface area contributed by atoms with Gasteiger partial charge in [0.25, 0.3) is 0 Å². The Hall–Kier alpha value is -1.24. The molecular formula is C6H4BrFN2O3. The first-order valence-corrected chi connectivity index (χ1v) is 3.93. The van der Waals surface area contributed by atoms with Gasteiger partial charge in [-0.25, -0.2) is 4.39 Å². The topological polar surface area (TPSA) is 65.3 Å². The minimum absolute atomic E-state index is 0.122. The van der Waals surface area contributed by atoms with Gasteiger partial charge in [0.2, 0.25) is 6.86 Å². The lowest BCUT2D eigenvalue weighted by molar-refractivity contribution is -0.389. The molecule has 0 spiro atoms. The molecule has 0 bridgehead atoms. The number of rotatable bonds is 3. The van der Waals surface area contributed by atoms with Crippen LogP contribution in [-0.4, -0.2) is 16.8 Å². The summed E-state index contributed by atoms with van der Waals surface area (Å²) in [6.45, 7) is -1.07. The van der Waals surface area contributed by atoms with Crippen LogP contribution in [0.25, 0.3) is 0 Å². The highest BCUT2D eigenvalue weighted by molar-refractivity contribution is 9.10. The quantitative estimate of drug-likeness (QED) is 0.609. The fourth-order valence-corrected chi connectivity index (χ4v) is 1.08. The van der Waals surface area contributed by atoms with Crippen LogP contribution in [0, 0.1) is 10.1 Å². The van der Waals surface area contributed by atoms with Crippen molar-refractivity contribution in [3.63, 3.8) is 0 Å². The molecule has 5 nitrogen and oxygen atoms in total. The maximum atomic E-state index is 11.7. The Bertz CT molecular complexity index is 334. The van der Waals surface area contributed by atoms with E-state index >= 15 is 0 Å². The number of aromatic nitrogens is 1. The van der Waals surface area contributed by atoms with E-state index in [4.69, 9.17) is 0 Å². The molecule has 7 heteroatoms. The van der Waals surface area contributed by atoms with Crippen LogP contribution in [0.5, 0.6) is 5.88 Å². The Morgan fingerprint density at radius 1 is 1.69 bits per heavy atom. The first kappa shape index (κ1) is 9.85. The van der Waals surface area contributed by atoms with Gasteiger partial charge in [-0.1, -0.05) is 15.9 Å². The normalized spacial score (nSPS) is 9.69. The van der Waals surface area contributed by atoms with Gasteiger partial charge in [0.05, 0.1) is 6.07 Å². The van der Waals surface area contributed by atoms with E-state index < -0.39 is 17.6 Å². The maximum Gasteiger partial charge on any atom is 0.368 e. The number of nitrogens with zero attached hydrogens (tertiary/aromatic N) is 2. The monoisotopic (exact) mass is 250 g/mol. The van der Waals surface area contributed by atoms with Crippen molar-refractivity contribution in [3.8, 4) is 5.88 Å².